The van der Waals surface area contributed by atoms with Crippen LogP contribution in [0.5, 0.6) is 0 Å². The summed E-state index contributed by atoms with van der Waals surface area (Å²) in [6, 6.07) is 20.6. The molecule has 0 radical (unpaired) electrons. The van der Waals surface area contributed by atoms with E-state index in [1.807, 2.05) is 36.4 Å². The summed E-state index contributed by atoms with van der Waals surface area (Å²) in [4.78, 5) is 13.7. The number of nitrogens with zero attached hydrogens (tertiary/aromatic N) is 1. The van der Waals surface area contributed by atoms with Crippen LogP contribution >= 0.6 is 0 Å². The maximum absolute atomic E-state index is 11.4. The van der Waals surface area contributed by atoms with Crippen molar-refractivity contribution in [1.29, 1.82) is 0 Å². The molecule has 4 nitrogen and oxygen atoms in total. The number of likely N-dealkylation sites (tertiary alicyclic amines) is 1. The molecule has 1 fully saturated rings. The molecule has 2 aromatic rings. The lowest BCUT2D eigenvalue weighted by Gasteiger charge is -2.31. The van der Waals surface area contributed by atoms with Crippen LogP contribution in [0.2, 0.25) is 0 Å². The maximum Gasteiger partial charge on any atom is 0.221 e. The Morgan fingerprint density at radius 3 is 2.24 bits per heavy atom. The monoisotopic (exact) mass is 338 g/mol. The standard InChI is InChI=1S/C21H26N2O2/c22-21(24)19-12-7-13-23(16-19)14-15-25-20(17-8-3-1-4-9-17)18-10-5-2-6-11-18/h1-6,8-11,19-20H,7,12-16H2,(H2,22,24). The van der Waals surface area contributed by atoms with E-state index < -0.39 is 0 Å². The Labute approximate surface area is 149 Å². The second kappa shape index (κ2) is 8.79. The highest BCUT2D eigenvalue weighted by Crippen LogP contribution is 2.26. The van der Waals surface area contributed by atoms with Gasteiger partial charge in [-0.25, -0.2) is 0 Å². The quantitative estimate of drug-likeness (QED) is 0.844. The average Bonchev–Trinajstić information content (AvgIpc) is 2.67. The number of piperidine rings is 1. The first-order valence-electron chi connectivity index (χ1n) is 8.97. The molecule has 0 spiro atoms. The van der Waals surface area contributed by atoms with E-state index in [9.17, 15) is 4.79 Å². The van der Waals surface area contributed by atoms with Crippen LogP contribution in [0.4, 0.5) is 0 Å². The summed E-state index contributed by atoms with van der Waals surface area (Å²) in [7, 11) is 0. The van der Waals surface area contributed by atoms with Crippen molar-refractivity contribution in [3.8, 4) is 0 Å². The Balaban J connectivity index is 1.61. The van der Waals surface area contributed by atoms with Crippen molar-refractivity contribution in [2.75, 3.05) is 26.2 Å². The minimum atomic E-state index is -0.183. The lowest BCUT2D eigenvalue weighted by atomic mass is 9.97. The fourth-order valence-corrected chi connectivity index (χ4v) is 3.43. The van der Waals surface area contributed by atoms with Crippen LogP contribution in [0.25, 0.3) is 0 Å². The third-order valence-electron chi connectivity index (χ3n) is 4.80. The molecule has 4 heteroatoms. The molecule has 25 heavy (non-hydrogen) atoms. The molecular formula is C21H26N2O2. The van der Waals surface area contributed by atoms with Gasteiger partial charge in [0.25, 0.3) is 0 Å². The molecule has 1 saturated heterocycles. The first-order chi connectivity index (χ1) is 12.2. The highest BCUT2D eigenvalue weighted by molar-refractivity contribution is 5.76. The van der Waals surface area contributed by atoms with Gasteiger partial charge in [0.15, 0.2) is 0 Å². The molecule has 1 heterocycles. The largest absolute Gasteiger partial charge is 0.369 e. The van der Waals surface area contributed by atoms with E-state index in [1.54, 1.807) is 0 Å². The Morgan fingerprint density at radius 1 is 1.08 bits per heavy atom. The number of benzene rings is 2. The maximum atomic E-state index is 11.4. The minimum absolute atomic E-state index is 0.0206. The van der Waals surface area contributed by atoms with Gasteiger partial charge in [-0.3, -0.25) is 4.79 Å². The number of primary amides is 1. The molecule has 2 aromatic carbocycles. The van der Waals surface area contributed by atoms with Gasteiger partial charge >= 0.3 is 0 Å². The van der Waals surface area contributed by atoms with Crippen LogP contribution in [-0.4, -0.2) is 37.0 Å². The first-order valence-corrected chi connectivity index (χ1v) is 8.97. The van der Waals surface area contributed by atoms with Crippen molar-refractivity contribution in [2.45, 2.75) is 18.9 Å². The zero-order valence-electron chi connectivity index (χ0n) is 14.5. The zero-order chi connectivity index (χ0) is 17.5. The molecule has 132 valence electrons. The third kappa shape index (κ3) is 4.91. The molecule has 0 aromatic heterocycles. The first kappa shape index (κ1) is 17.6. The predicted octanol–water partition coefficient (Wildman–Crippen LogP) is 2.99. The van der Waals surface area contributed by atoms with Crippen LogP contribution in [-0.2, 0) is 9.53 Å². The summed E-state index contributed by atoms with van der Waals surface area (Å²) in [5.41, 5.74) is 7.77. The molecule has 1 unspecified atom stereocenters. The van der Waals surface area contributed by atoms with Gasteiger partial charge in [-0.15, -0.1) is 0 Å². The fourth-order valence-electron chi connectivity index (χ4n) is 3.43. The van der Waals surface area contributed by atoms with Crippen molar-refractivity contribution in [2.24, 2.45) is 11.7 Å². The summed E-state index contributed by atoms with van der Waals surface area (Å²) in [6.07, 6.45) is 1.86. The van der Waals surface area contributed by atoms with E-state index in [1.165, 1.54) is 0 Å². The van der Waals surface area contributed by atoms with Crippen LogP contribution in [0.15, 0.2) is 60.7 Å². The molecule has 0 bridgehead atoms. The number of nitrogens with two attached hydrogens (primary N) is 1. The molecule has 3 rings (SSSR count). The van der Waals surface area contributed by atoms with Crippen molar-refractivity contribution < 1.29 is 9.53 Å². The van der Waals surface area contributed by atoms with E-state index in [0.717, 1.165) is 43.6 Å². The minimum Gasteiger partial charge on any atom is -0.369 e. The van der Waals surface area contributed by atoms with Crippen molar-refractivity contribution in [3.05, 3.63) is 71.8 Å². The highest BCUT2D eigenvalue weighted by atomic mass is 16.5. The second-order valence-electron chi connectivity index (χ2n) is 6.61. The Morgan fingerprint density at radius 2 is 1.68 bits per heavy atom. The fraction of sp³-hybridized carbons (Fsp3) is 0.381. The summed E-state index contributed by atoms with van der Waals surface area (Å²) < 4.78 is 6.25. The topological polar surface area (TPSA) is 55.6 Å². The zero-order valence-corrected chi connectivity index (χ0v) is 14.5. The van der Waals surface area contributed by atoms with Gasteiger partial charge in [-0.2, -0.15) is 0 Å². The molecule has 1 amide bonds. The average molecular weight is 338 g/mol. The Bertz CT molecular complexity index is 621. The van der Waals surface area contributed by atoms with Gasteiger partial charge in [0.1, 0.15) is 6.10 Å². The Hall–Kier alpha value is -2.17. The molecular weight excluding hydrogens is 312 g/mol. The van der Waals surface area contributed by atoms with Crippen molar-refractivity contribution >= 4 is 5.91 Å². The SMILES string of the molecule is NC(=O)C1CCCN(CCOC(c2ccccc2)c2ccccc2)C1. The number of amides is 1. The second-order valence-corrected chi connectivity index (χ2v) is 6.61. The van der Waals surface area contributed by atoms with E-state index in [-0.39, 0.29) is 17.9 Å². The molecule has 2 N–H and O–H groups in total. The molecule has 0 saturated carbocycles. The molecule has 1 aliphatic heterocycles. The van der Waals surface area contributed by atoms with Gasteiger partial charge in [0, 0.05) is 13.1 Å². The van der Waals surface area contributed by atoms with Crippen LogP contribution in [0, 0.1) is 5.92 Å². The third-order valence-corrected chi connectivity index (χ3v) is 4.80. The van der Waals surface area contributed by atoms with Crippen molar-refractivity contribution in [1.82, 2.24) is 4.90 Å². The summed E-state index contributed by atoms with van der Waals surface area (Å²) in [6.45, 7) is 3.20. The Kier molecular flexibility index (Phi) is 6.20. The molecule has 1 atom stereocenters. The number of carbonyl (C=O) groups is 1. The lowest BCUT2D eigenvalue weighted by molar-refractivity contribution is -0.123. The summed E-state index contributed by atoms with van der Waals surface area (Å²) in [5, 5.41) is 0. The molecule has 1 aliphatic rings. The van der Waals surface area contributed by atoms with Crippen LogP contribution in [0.1, 0.15) is 30.1 Å². The predicted molar refractivity (Wildman–Crippen MR) is 99.0 cm³/mol. The van der Waals surface area contributed by atoms with E-state index in [4.69, 9.17) is 10.5 Å². The van der Waals surface area contributed by atoms with Gasteiger partial charge < -0.3 is 15.4 Å². The number of hydrogen-bond acceptors (Lipinski definition) is 3. The van der Waals surface area contributed by atoms with E-state index in [2.05, 4.69) is 29.2 Å². The molecule has 0 aliphatic carbocycles. The normalized spacial score (nSPS) is 18.4. The summed E-state index contributed by atoms with van der Waals surface area (Å²) in [5.74, 6) is -0.204. The van der Waals surface area contributed by atoms with Crippen LogP contribution < -0.4 is 5.73 Å². The van der Waals surface area contributed by atoms with Gasteiger partial charge in [-0.05, 0) is 30.5 Å². The van der Waals surface area contributed by atoms with Gasteiger partial charge in [0.05, 0.1) is 12.5 Å². The van der Waals surface area contributed by atoms with Crippen molar-refractivity contribution in [3.63, 3.8) is 0 Å². The van der Waals surface area contributed by atoms with Gasteiger partial charge in [-0.1, -0.05) is 60.7 Å². The smallest absolute Gasteiger partial charge is 0.221 e. The van der Waals surface area contributed by atoms with Gasteiger partial charge in [0.2, 0.25) is 5.91 Å². The number of carbonyl (C=O) groups excluding carboxylic acids is 1. The number of ether oxygens (including phenoxy) is 1. The number of hydrogen-bond donors (Lipinski definition) is 1. The number of rotatable bonds is 7. The highest BCUT2D eigenvalue weighted by Gasteiger charge is 2.24. The van der Waals surface area contributed by atoms with E-state index in [0.29, 0.717) is 6.61 Å². The van der Waals surface area contributed by atoms with E-state index >= 15 is 0 Å². The lowest BCUT2D eigenvalue weighted by Crippen LogP contribution is -2.42. The van der Waals surface area contributed by atoms with Crippen LogP contribution in [0.3, 0.4) is 0 Å². The summed E-state index contributed by atoms with van der Waals surface area (Å²) >= 11 is 0.